The van der Waals surface area contributed by atoms with Crippen LogP contribution in [0.3, 0.4) is 0 Å². The van der Waals surface area contributed by atoms with Gasteiger partial charge >= 0.3 is 0 Å². The van der Waals surface area contributed by atoms with Crippen molar-refractivity contribution in [2.45, 2.75) is 6.10 Å². The first-order valence-electron chi connectivity index (χ1n) is 7.84. The third kappa shape index (κ3) is 2.85. The summed E-state index contributed by atoms with van der Waals surface area (Å²) in [6, 6.07) is 17.5. The zero-order valence-electron chi connectivity index (χ0n) is 13.3. The van der Waals surface area contributed by atoms with E-state index in [1.165, 1.54) is 0 Å². The normalized spacial score (nSPS) is 14.5. The van der Waals surface area contributed by atoms with Crippen LogP contribution in [0, 0.1) is 0 Å². The van der Waals surface area contributed by atoms with Gasteiger partial charge in [-0.15, -0.1) is 0 Å². The van der Waals surface area contributed by atoms with E-state index < -0.39 is 0 Å². The molecule has 0 bridgehead atoms. The smallest absolute Gasteiger partial charge is 0.161 e. The molecule has 1 saturated heterocycles. The van der Waals surface area contributed by atoms with E-state index >= 15 is 0 Å². The van der Waals surface area contributed by atoms with Crippen LogP contribution in [-0.2, 0) is 0 Å². The monoisotopic (exact) mass is 340 g/mol. The molecule has 0 aliphatic carbocycles. The number of anilines is 1. The van der Waals surface area contributed by atoms with Crippen LogP contribution in [0.5, 0.6) is 11.5 Å². The Morgan fingerprint density at radius 1 is 1.04 bits per heavy atom. The fraction of sp³-hybridized carbons (Fsp3) is 0.211. The molecule has 1 fully saturated rings. The van der Waals surface area contributed by atoms with E-state index in [9.17, 15) is 0 Å². The van der Waals surface area contributed by atoms with Gasteiger partial charge in [-0.25, -0.2) is 4.98 Å². The van der Waals surface area contributed by atoms with E-state index in [0.717, 1.165) is 46.3 Å². The maximum atomic E-state index is 6.02. The van der Waals surface area contributed by atoms with Gasteiger partial charge in [-0.05, 0) is 42.5 Å². The number of para-hydroxylation sites is 2. The molecular weight excluding hydrogens is 324 g/mol. The fourth-order valence-electron chi connectivity index (χ4n) is 2.86. The highest BCUT2D eigenvalue weighted by Crippen LogP contribution is 2.30. The maximum Gasteiger partial charge on any atom is 0.161 e. The van der Waals surface area contributed by atoms with Crippen LogP contribution in [0.1, 0.15) is 0 Å². The van der Waals surface area contributed by atoms with Crippen molar-refractivity contribution in [3.8, 4) is 11.5 Å². The van der Waals surface area contributed by atoms with Crippen LogP contribution >= 0.6 is 11.6 Å². The van der Waals surface area contributed by atoms with E-state index in [2.05, 4.69) is 11.0 Å². The fourth-order valence-corrected chi connectivity index (χ4v) is 3.04. The minimum Gasteiger partial charge on any atom is -0.493 e. The molecule has 1 aromatic heterocycles. The summed E-state index contributed by atoms with van der Waals surface area (Å²) < 4.78 is 11.3. The van der Waals surface area contributed by atoms with E-state index in [1.807, 2.05) is 48.5 Å². The number of aromatic nitrogens is 1. The SMILES string of the molecule is COc1ccccc1OC1CN(c2ccc3cc(Cl)ccc3n2)C1. The second kappa shape index (κ2) is 6.21. The van der Waals surface area contributed by atoms with E-state index in [4.69, 9.17) is 26.1 Å². The Hall–Kier alpha value is -2.46. The highest BCUT2D eigenvalue weighted by molar-refractivity contribution is 6.31. The van der Waals surface area contributed by atoms with Gasteiger partial charge in [0.25, 0.3) is 0 Å². The molecule has 0 atom stereocenters. The largest absolute Gasteiger partial charge is 0.493 e. The number of hydrogen-bond donors (Lipinski definition) is 0. The molecule has 122 valence electrons. The van der Waals surface area contributed by atoms with Gasteiger partial charge < -0.3 is 14.4 Å². The third-order valence-corrected chi connectivity index (χ3v) is 4.41. The molecule has 0 radical (unpaired) electrons. The first kappa shape index (κ1) is 15.1. The van der Waals surface area contributed by atoms with Crippen molar-refractivity contribution in [1.29, 1.82) is 0 Å². The van der Waals surface area contributed by atoms with Crippen LogP contribution in [0.4, 0.5) is 5.82 Å². The molecular formula is C19H17ClN2O2. The molecule has 0 N–H and O–H groups in total. The molecule has 0 spiro atoms. The van der Waals surface area contributed by atoms with Gasteiger partial charge in [0.15, 0.2) is 11.5 Å². The van der Waals surface area contributed by atoms with Crippen molar-refractivity contribution in [3.63, 3.8) is 0 Å². The zero-order valence-corrected chi connectivity index (χ0v) is 14.0. The van der Waals surface area contributed by atoms with Crippen LogP contribution in [0.15, 0.2) is 54.6 Å². The van der Waals surface area contributed by atoms with E-state index in [1.54, 1.807) is 7.11 Å². The molecule has 0 amide bonds. The van der Waals surface area contributed by atoms with Gasteiger partial charge in [0.05, 0.1) is 25.7 Å². The van der Waals surface area contributed by atoms with Crippen molar-refractivity contribution < 1.29 is 9.47 Å². The van der Waals surface area contributed by atoms with E-state index in [0.29, 0.717) is 0 Å². The average Bonchev–Trinajstić information content (AvgIpc) is 2.57. The lowest BCUT2D eigenvalue weighted by Crippen LogP contribution is -2.54. The molecule has 1 aliphatic rings. The van der Waals surface area contributed by atoms with Crippen molar-refractivity contribution in [1.82, 2.24) is 4.98 Å². The minimum atomic E-state index is 0.143. The lowest BCUT2D eigenvalue weighted by Gasteiger charge is -2.40. The summed E-state index contributed by atoms with van der Waals surface area (Å²) in [5, 5.41) is 1.78. The van der Waals surface area contributed by atoms with Gasteiger partial charge in [0.1, 0.15) is 11.9 Å². The first-order valence-corrected chi connectivity index (χ1v) is 8.21. The number of benzene rings is 2. The third-order valence-electron chi connectivity index (χ3n) is 4.17. The molecule has 0 unspecified atom stereocenters. The molecule has 2 aromatic carbocycles. The molecule has 5 heteroatoms. The van der Waals surface area contributed by atoms with Gasteiger partial charge in [-0.3, -0.25) is 0 Å². The highest BCUT2D eigenvalue weighted by atomic mass is 35.5. The zero-order chi connectivity index (χ0) is 16.5. The van der Waals surface area contributed by atoms with Crippen LogP contribution in [0.2, 0.25) is 5.02 Å². The Balaban J connectivity index is 1.44. The summed E-state index contributed by atoms with van der Waals surface area (Å²) in [7, 11) is 1.65. The Morgan fingerprint density at radius 2 is 1.83 bits per heavy atom. The Kier molecular flexibility index (Phi) is 3.90. The van der Waals surface area contributed by atoms with Crippen molar-refractivity contribution in [2.24, 2.45) is 0 Å². The molecule has 2 heterocycles. The summed E-state index contributed by atoms with van der Waals surface area (Å²) in [6.07, 6.45) is 0.143. The Bertz CT molecular complexity index is 878. The predicted octanol–water partition coefficient (Wildman–Crippen LogP) is 4.16. The van der Waals surface area contributed by atoms with Gasteiger partial charge in [0.2, 0.25) is 0 Å². The van der Waals surface area contributed by atoms with Crippen molar-refractivity contribution >= 4 is 28.3 Å². The standard InChI is InChI=1S/C19H17ClN2O2/c1-23-17-4-2-3-5-18(17)24-15-11-22(12-15)19-9-6-13-10-14(20)7-8-16(13)21-19/h2-10,15H,11-12H2,1H3. The average molecular weight is 341 g/mol. The summed E-state index contributed by atoms with van der Waals surface area (Å²) >= 11 is 6.02. The summed E-state index contributed by atoms with van der Waals surface area (Å²) in [5.41, 5.74) is 0.950. The summed E-state index contributed by atoms with van der Waals surface area (Å²) in [6.45, 7) is 1.62. The number of rotatable bonds is 4. The molecule has 4 nitrogen and oxygen atoms in total. The van der Waals surface area contributed by atoms with Gasteiger partial charge in [-0.2, -0.15) is 0 Å². The van der Waals surface area contributed by atoms with Gasteiger partial charge in [0, 0.05) is 10.4 Å². The lowest BCUT2D eigenvalue weighted by molar-refractivity contribution is 0.161. The number of pyridine rings is 1. The second-order valence-corrected chi connectivity index (χ2v) is 6.24. The Labute approximate surface area is 145 Å². The number of halogens is 1. The van der Waals surface area contributed by atoms with Crippen molar-refractivity contribution in [3.05, 3.63) is 59.6 Å². The second-order valence-electron chi connectivity index (χ2n) is 5.80. The van der Waals surface area contributed by atoms with Crippen LogP contribution < -0.4 is 14.4 Å². The minimum absolute atomic E-state index is 0.143. The quantitative estimate of drug-likeness (QED) is 0.714. The summed E-state index contributed by atoms with van der Waals surface area (Å²) in [5.74, 6) is 2.51. The first-order chi connectivity index (χ1) is 11.7. The van der Waals surface area contributed by atoms with Crippen LogP contribution in [0.25, 0.3) is 10.9 Å². The van der Waals surface area contributed by atoms with Crippen LogP contribution in [-0.4, -0.2) is 31.3 Å². The number of methoxy groups -OCH3 is 1. The topological polar surface area (TPSA) is 34.6 Å². The van der Waals surface area contributed by atoms with Gasteiger partial charge in [-0.1, -0.05) is 23.7 Å². The predicted molar refractivity (Wildman–Crippen MR) is 96.4 cm³/mol. The Morgan fingerprint density at radius 3 is 2.62 bits per heavy atom. The van der Waals surface area contributed by atoms with E-state index in [-0.39, 0.29) is 6.10 Å². The number of ether oxygens (including phenoxy) is 2. The number of hydrogen-bond acceptors (Lipinski definition) is 4. The summed E-state index contributed by atoms with van der Waals surface area (Å²) in [4.78, 5) is 6.90. The van der Waals surface area contributed by atoms with Crippen molar-refractivity contribution in [2.75, 3.05) is 25.1 Å². The molecule has 4 rings (SSSR count). The maximum absolute atomic E-state index is 6.02. The number of fused-ring (bicyclic) bond motifs is 1. The molecule has 3 aromatic rings. The molecule has 1 aliphatic heterocycles. The lowest BCUT2D eigenvalue weighted by atomic mass is 10.1. The number of nitrogens with zero attached hydrogens (tertiary/aromatic N) is 2. The molecule has 0 saturated carbocycles. The molecule has 24 heavy (non-hydrogen) atoms. The highest BCUT2D eigenvalue weighted by Gasteiger charge is 2.30.